The van der Waals surface area contributed by atoms with Crippen LogP contribution in [0.25, 0.3) is 27.7 Å². The Morgan fingerprint density at radius 1 is 0.963 bits per heavy atom. The number of aryl methyl sites for hydroxylation is 1. The highest BCUT2D eigenvalue weighted by molar-refractivity contribution is 7.77. The van der Waals surface area contributed by atoms with Gasteiger partial charge in [0, 0.05) is 11.3 Å². The van der Waals surface area contributed by atoms with Gasteiger partial charge >= 0.3 is 0 Å². The lowest BCUT2D eigenvalue weighted by atomic mass is 10.0. The molecule has 7 heteroatoms. The summed E-state index contributed by atoms with van der Waals surface area (Å²) >= 11 is -2.12. The van der Waals surface area contributed by atoms with Gasteiger partial charge in [-0.15, -0.1) is 4.83 Å². The fraction of sp³-hybridized carbons (Fsp3) is 0.0500. The van der Waals surface area contributed by atoms with Crippen molar-refractivity contribution in [2.24, 2.45) is 0 Å². The maximum absolute atomic E-state index is 10.7. The third-order valence-electron chi connectivity index (χ3n) is 4.27. The van der Waals surface area contributed by atoms with Gasteiger partial charge in [-0.3, -0.25) is 4.55 Å². The molecule has 4 aromatic rings. The standard InChI is InChI=1S/C20H18N4O2S/c1-14-12-20(17-7-6-15-4-2-3-5-16(15)13-17)24(22-14)19-10-8-18(9-11-19)21-23-27(25)26/h2-13,21,23H,1H3,(H,25,26). The molecule has 0 aliphatic carbocycles. The molecule has 3 N–H and O–H groups in total. The van der Waals surface area contributed by atoms with Crippen molar-refractivity contribution < 1.29 is 8.76 Å². The van der Waals surface area contributed by atoms with E-state index in [0.29, 0.717) is 5.69 Å². The molecule has 0 saturated carbocycles. The second-order valence-corrected chi connectivity index (χ2v) is 6.87. The molecule has 0 aliphatic rings. The maximum atomic E-state index is 10.7. The van der Waals surface area contributed by atoms with Gasteiger partial charge in [0.25, 0.3) is 0 Å². The fourth-order valence-electron chi connectivity index (χ4n) is 3.04. The van der Waals surface area contributed by atoms with Crippen LogP contribution >= 0.6 is 0 Å². The van der Waals surface area contributed by atoms with Crippen LogP contribution in [0.2, 0.25) is 0 Å². The zero-order chi connectivity index (χ0) is 18.8. The minimum absolute atomic E-state index is 0.678. The number of aromatic nitrogens is 2. The Kier molecular flexibility index (Phi) is 4.72. The molecular weight excluding hydrogens is 360 g/mol. The number of nitrogens with one attached hydrogen (secondary N) is 2. The minimum atomic E-state index is -2.12. The lowest BCUT2D eigenvalue weighted by molar-refractivity contribution is 0.555. The molecule has 0 saturated heterocycles. The molecule has 6 nitrogen and oxygen atoms in total. The number of nitrogens with zero attached hydrogens (tertiary/aromatic N) is 2. The normalized spacial score (nSPS) is 12.2. The van der Waals surface area contributed by atoms with Gasteiger partial charge in [-0.1, -0.05) is 36.4 Å². The van der Waals surface area contributed by atoms with Gasteiger partial charge in [0.1, 0.15) is 0 Å². The molecule has 0 spiro atoms. The zero-order valence-electron chi connectivity index (χ0n) is 14.6. The van der Waals surface area contributed by atoms with E-state index >= 15 is 0 Å². The van der Waals surface area contributed by atoms with E-state index in [-0.39, 0.29) is 0 Å². The molecular formula is C20H18N4O2S. The van der Waals surface area contributed by atoms with Crippen LogP contribution in [0.4, 0.5) is 5.69 Å². The molecule has 0 amide bonds. The van der Waals surface area contributed by atoms with Crippen molar-refractivity contribution >= 4 is 27.7 Å². The highest BCUT2D eigenvalue weighted by atomic mass is 32.2. The van der Waals surface area contributed by atoms with E-state index < -0.39 is 11.3 Å². The summed E-state index contributed by atoms with van der Waals surface area (Å²) in [5.41, 5.74) is 7.28. The highest BCUT2D eigenvalue weighted by Crippen LogP contribution is 2.27. The van der Waals surface area contributed by atoms with Crippen LogP contribution in [-0.4, -0.2) is 18.5 Å². The molecule has 1 heterocycles. The molecule has 0 radical (unpaired) electrons. The van der Waals surface area contributed by atoms with Crippen molar-refractivity contribution in [3.8, 4) is 16.9 Å². The topological polar surface area (TPSA) is 79.2 Å². The van der Waals surface area contributed by atoms with Crippen LogP contribution in [0.3, 0.4) is 0 Å². The Labute approximate surface area is 159 Å². The Balaban J connectivity index is 1.71. The van der Waals surface area contributed by atoms with Crippen LogP contribution < -0.4 is 10.3 Å². The van der Waals surface area contributed by atoms with E-state index in [0.717, 1.165) is 22.6 Å². The van der Waals surface area contributed by atoms with Crippen molar-refractivity contribution in [3.05, 3.63) is 78.5 Å². The number of hydrogen-bond acceptors (Lipinski definition) is 3. The monoisotopic (exact) mass is 378 g/mol. The zero-order valence-corrected chi connectivity index (χ0v) is 15.4. The summed E-state index contributed by atoms with van der Waals surface area (Å²) < 4.78 is 21.4. The van der Waals surface area contributed by atoms with Crippen LogP contribution in [0, 0.1) is 6.92 Å². The van der Waals surface area contributed by atoms with E-state index in [1.54, 1.807) is 0 Å². The summed E-state index contributed by atoms with van der Waals surface area (Å²) in [5.74, 6) is 0. The van der Waals surface area contributed by atoms with E-state index in [1.807, 2.05) is 48.0 Å². The highest BCUT2D eigenvalue weighted by Gasteiger charge is 2.10. The van der Waals surface area contributed by atoms with Gasteiger partial charge < -0.3 is 5.43 Å². The van der Waals surface area contributed by atoms with Crippen LogP contribution in [0.1, 0.15) is 5.69 Å². The first-order valence-electron chi connectivity index (χ1n) is 8.39. The fourth-order valence-corrected chi connectivity index (χ4v) is 3.24. The first-order chi connectivity index (χ1) is 13.1. The number of fused-ring (bicyclic) bond motifs is 1. The van der Waals surface area contributed by atoms with E-state index in [2.05, 4.69) is 51.8 Å². The Hall–Kier alpha value is -3.00. The molecule has 0 fully saturated rings. The predicted octanol–water partition coefficient (Wildman–Crippen LogP) is 4.05. The summed E-state index contributed by atoms with van der Waals surface area (Å²) in [5, 5.41) is 7.02. The molecule has 0 bridgehead atoms. The number of hydrogen-bond donors (Lipinski definition) is 3. The van der Waals surface area contributed by atoms with Crippen LogP contribution in [0.15, 0.2) is 72.8 Å². The average molecular weight is 378 g/mol. The number of hydrazine groups is 1. The number of benzene rings is 3. The molecule has 27 heavy (non-hydrogen) atoms. The van der Waals surface area contributed by atoms with Gasteiger partial charge in [0.05, 0.1) is 17.1 Å². The second kappa shape index (κ2) is 7.32. The summed E-state index contributed by atoms with van der Waals surface area (Å²) in [4.78, 5) is 2.23. The lowest BCUT2D eigenvalue weighted by Crippen LogP contribution is -2.23. The van der Waals surface area contributed by atoms with E-state index in [4.69, 9.17) is 4.55 Å². The van der Waals surface area contributed by atoms with Gasteiger partial charge in [-0.2, -0.15) is 5.10 Å². The lowest BCUT2D eigenvalue weighted by Gasteiger charge is -2.10. The summed E-state index contributed by atoms with van der Waals surface area (Å²) in [6.07, 6.45) is 0. The Bertz CT molecular complexity index is 1120. The first kappa shape index (κ1) is 17.4. The van der Waals surface area contributed by atoms with Crippen molar-refractivity contribution in [1.29, 1.82) is 0 Å². The molecule has 4 rings (SSSR count). The number of anilines is 1. The average Bonchev–Trinajstić information content (AvgIpc) is 3.08. The van der Waals surface area contributed by atoms with E-state index in [1.165, 1.54) is 10.8 Å². The van der Waals surface area contributed by atoms with Crippen molar-refractivity contribution in [3.63, 3.8) is 0 Å². The molecule has 1 aromatic heterocycles. The molecule has 3 aromatic carbocycles. The molecule has 1 unspecified atom stereocenters. The van der Waals surface area contributed by atoms with Gasteiger partial charge in [-0.25, -0.2) is 8.89 Å². The maximum Gasteiger partial charge on any atom is 0.250 e. The second-order valence-electron chi connectivity index (χ2n) is 6.17. The molecule has 0 aliphatic heterocycles. The Morgan fingerprint density at radius 2 is 1.70 bits per heavy atom. The summed E-state index contributed by atoms with van der Waals surface area (Å²) in [6, 6.07) is 24.2. The minimum Gasteiger partial charge on any atom is -0.308 e. The van der Waals surface area contributed by atoms with Crippen LogP contribution in [0.5, 0.6) is 0 Å². The van der Waals surface area contributed by atoms with Gasteiger partial charge in [0.15, 0.2) is 0 Å². The summed E-state index contributed by atoms with van der Waals surface area (Å²) in [7, 11) is 0. The van der Waals surface area contributed by atoms with Crippen molar-refractivity contribution in [2.75, 3.05) is 5.43 Å². The predicted molar refractivity (Wildman–Crippen MR) is 109 cm³/mol. The molecule has 1 atom stereocenters. The van der Waals surface area contributed by atoms with Gasteiger partial charge in [-0.05, 0) is 54.1 Å². The third-order valence-corrected chi connectivity index (χ3v) is 4.55. The van der Waals surface area contributed by atoms with Crippen molar-refractivity contribution in [1.82, 2.24) is 14.6 Å². The third kappa shape index (κ3) is 3.75. The summed E-state index contributed by atoms with van der Waals surface area (Å²) in [6.45, 7) is 1.97. The van der Waals surface area contributed by atoms with Gasteiger partial charge in [0.2, 0.25) is 11.3 Å². The SMILES string of the molecule is Cc1cc(-c2ccc3ccccc3c2)n(-c2ccc(NNS(=O)O)cc2)n1. The Morgan fingerprint density at radius 3 is 2.44 bits per heavy atom. The van der Waals surface area contributed by atoms with E-state index in [9.17, 15) is 4.21 Å². The first-order valence-corrected chi connectivity index (χ1v) is 9.50. The largest absolute Gasteiger partial charge is 0.308 e. The van der Waals surface area contributed by atoms with Crippen molar-refractivity contribution in [2.45, 2.75) is 6.92 Å². The smallest absolute Gasteiger partial charge is 0.250 e. The van der Waals surface area contributed by atoms with Crippen LogP contribution in [-0.2, 0) is 11.3 Å². The quantitative estimate of drug-likeness (QED) is 0.361. The molecule has 136 valence electrons. The number of rotatable bonds is 5.